The van der Waals surface area contributed by atoms with Crippen molar-refractivity contribution in [2.45, 2.75) is 167 Å². The maximum absolute atomic E-state index is 14.4. The number of aliphatic carboxylic acids is 1. The SMILES string of the molecule is CCCNC(=O)Nc1cccc(S(=O)(=O)Nc2cccc(C(CC(=O)O)NC(=O)Nc3ccc(NC(=S)N4CCC[C@H]4C(=O)N[C@@H](CC(C)C)C(=O)NCC(=O)N[C@@H](CC(C)C)C(=O)N[C@H](C)C(=O)N[C@H](C(=O)O[C@]4(CC)C(=O)OCc5c4cc4n(c5=O)Cc5cc6ccccc6nc5-4)C(C)C)cc3)c2)c1. The monoisotopic (exact) mass is 1490 g/mol. The summed E-state index contributed by atoms with van der Waals surface area (Å²) in [6.45, 7) is 15.6. The van der Waals surface area contributed by atoms with Crippen molar-refractivity contribution in [2.75, 3.05) is 40.3 Å². The summed E-state index contributed by atoms with van der Waals surface area (Å²) in [6, 6.07) is 20.8. The van der Waals surface area contributed by atoms with E-state index in [1.807, 2.05) is 65.0 Å². The molecule has 3 aliphatic heterocycles. The summed E-state index contributed by atoms with van der Waals surface area (Å²) in [5, 5.41) is 37.9. The number of ether oxygens (including phenoxy) is 2. The van der Waals surface area contributed by atoms with Crippen molar-refractivity contribution in [3.8, 4) is 11.4 Å². The number of carbonyl (C=O) groups excluding carboxylic acids is 9. The lowest BCUT2D eigenvalue weighted by Crippen LogP contribution is -2.58. The van der Waals surface area contributed by atoms with E-state index in [4.69, 9.17) is 26.7 Å². The number of rotatable bonds is 30. The van der Waals surface area contributed by atoms with Crippen LogP contribution < -0.4 is 63.4 Å². The van der Waals surface area contributed by atoms with Crippen LogP contribution in [-0.2, 0) is 76.6 Å². The fourth-order valence-corrected chi connectivity index (χ4v) is 14.2. The average molecular weight is 1500 g/mol. The van der Waals surface area contributed by atoms with Gasteiger partial charge in [-0.3, -0.25) is 38.3 Å². The lowest BCUT2D eigenvalue weighted by Gasteiger charge is -2.37. The van der Waals surface area contributed by atoms with E-state index < -0.39 is 136 Å². The van der Waals surface area contributed by atoms with Gasteiger partial charge in [0.25, 0.3) is 15.6 Å². The van der Waals surface area contributed by atoms with E-state index in [0.717, 1.165) is 10.9 Å². The molecule has 106 heavy (non-hydrogen) atoms. The quantitative estimate of drug-likeness (QED) is 0.0159. The second kappa shape index (κ2) is 34.7. The first-order chi connectivity index (χ1) is 50.4. The zero-order valence-corrected chi connectivity index (χ0v) is 61.9. The number of sulfonamides is 1. The average Bonchev–Trinajstić information content (AvgIpc) is 1.47. The first-order valence-corrected chi connectivity index (χ1v) is 37.1. The number of carboxylic acid groups (broad SMARTS) is 1. The minimum atomic E-state index is -4.21. The maximum Gasteiger partial charge on any atom is 0.355 e. The van der Waals surface area contributed by atoms with Crippen LogP contribution in [0.25, 0.3) is 22.3 Å². The smallest absolute Gasteiger partial charge is 0.355 e. The molecule has 32 heteroatoms. The van der Waals surface area contributed by atoms with Gasteiger partial charge < -0.3 is 77.2 Å². The number of hydrogen-bond acceptors (Lipinski definition) is 17. The van der Waals surface area contributed by atoms with Crippen molar-refractivity contribution in [3.05, 3.63) is 142 Å². The number of likely N-dealkylation sites (tertiary alicyclic amines) is 1. The van der Waals surface area contributed by atoms with Crippen LogP contribution in [0.2, 0.25) is 0 Å². The Balaban J connectivity index is 0.753. The molecule has 0 aliphatic carbocycles. The summed E-state index contributed by atoms with van der Waals surface area (Å²) in [5.41, 5.74) is 1.64. The third-order valence-electron chi connectivity index (χ3n) is 18.1. The Bertz CT molecular complexity index is 4550. The highest BCUT2D eigenvalue weighted by molar-refractivity contribution is 7.92. The predicted molar refractivity (Wildman–Crippen MR) is 399 cm³/mol. The number of aromatic nitrogens is 2. The Morgan fingerprint density at radius 1 is 0.717 bits per heavy atom. The number of anilines is 4. The van der Waals surface area contributed by atoms with E-state index in [1.54, 1.807) is 60.6 Å². The first kappa shape index (κ1) is 79.1. The standard InChI is InChI=1S/C74H90N14O16S2/c1-10-28-75-71(99)79-49-19-15-21-51(34-49)106(101,102)86-50-20-14-18-45(33-50)55(36-61(90)91)84-72(100)78-47-24-26-48(27-25-47)80-73(105)87-29-16-23-58(87)67(95)83-56(30-40(3)4)65(93)76-37-60(89)81-57(31-41(5)6)66(94)77-43(9)64(92)85-62(42(7)8)69(97)104-74(11-2)53-35-59-63-46(32-44-17-12-13-22-54(44)82-63)38-88(59)68(96)52(53)39-103-70(74)98/h12-15,17-22,24-27,32-35,40-43,55-58,62,86H,10-11,16,23,28-31,36-39H2,1-9H3,(H,76,93)(H,77,94)(H,80,105)(H,81,89)(H,83,95)(H,85,92)(H,90,91)(H2,75,79,99)(H2,78,84,100)/t43-,55?,56+,57+,58+,62+,74+/m1/s1. The number of nitrogens with zero attached hydrogens (tertiary/aromatic N) is 3. The van der Waals surface area contributed by atoms with Gasteiger partial charge in [-0.05, 0) is 154 Å². The first-order valence-electron chi connectivity index (χ1n) is 35.2. The molecular weight excluding hydrogens is 1410 g/mol. The number of para-hydroxylation sites is 1. The second-order valence-corrected chi connectivity index (χ2v) is 29.6. The molecule has 6 aromatic rings. The Morgan fingerprint density at radius 2 is 1.39 bits per heavy atom. The van der Waals surface area contributed by atoms with Crippen molar-refractivity contribution in [2.24, 2.45) is 17.8 Å². The summed E-state index contributed by atoms with van der Waals surface area (Å²) in [5.74, 6) is -7.48. The molecule has 12 N–H and O–H groups in total. The molecule has 30 nitrogen and oxygen atoms in total. The van der Waals surface area contributed by atoms with Crippen LogP contribution in [0.4, 0.5) is 32.3 Å². The minimum Gasteiger partial charge on any atom is -0.481 e. The number of cyclic esters (lactones) is 1. The van der Waals surface area contributed by atoms with E-state index >= 15 is 0 Å². The number of pyridine rings is 2. The summed E-state index contributed by atoms with van der Waals surface area (Å²) in [7, 11) is -4.21. The van der Waals surface area contributed by atoms with Crippen molar-refractivity contribution in [3.63, 3.8) is 0 Å². The van der Waals surface area contributed by atoms with Crippen LogP contribution in [-0.4, -0.2) is 142 Å². The molecule has 9 amide bonds. The van der Waals surface area contributed by atoms with Crippen molar-refractivity contribution >= 4 is 121 Å². The van der Waals surface area contributed by atoms with Gasteiger partial charge in [-0.2, -0.15) is 0 Å². The molecule has 1 fully saturated rings. The molecule has 0 radical (unpaired) electrons. The highest BCUT2D eigenvalue weighted by Gasteiger charge is 2.52. The molecule has 0 bridgehead atoms. The zero-order valence-electron chi connectivity index (χ0n) is 60.3. The molecule has 2 aromatic heterocycles. The van der Waals surface area contributed by atoms with Crippen molar-refractivity contribution < 1.29 is 70.9 Å². The van der Waals surface area contributed by atoms with Gasteiger partial charge in [0, 0.05) is 52.4 Å². The molecule has 0 spiro atoms. The lowest BCUT2D eigenvalue weighted by atomic mass is 9.85. The van der Waals surface area contributed by atoms with Crippen LogP contribution in [0.5, 0.6) is 0 Å². The molecule has 4 aromatic carbocycles. The fourth-order valence-electron chi connectivity index (χ4n) is 12.7. The number of carbonyl (C=O) groups is 10. The van der Waals surface area contributed by atoms with Crippen LogP contribution in [0, 0.1) is 17.8 Å². The summed E-state index contributed by atoms with van der Waals surface area (Å²) < 4.78 is 42.6. The normalized spacial score (nSPS) is 16.5. The van der Waals surface area contributed by atoms with Crippen molar-refractivity contribution in [1.29, 1.82) is 0 Å². The minimum absolute atomic E-state index is 0.0754. The molecular formula is C74H90N14O16S2. The Labute approximate surface area is 618 Å². The van der Waals surface area contributed by atoms with Gasteiger partial charge in [0.05, 0.1) is 52.9 Å². The van der Waals surface area contributed by atoms with Gasteiger partial charge >= 0.3 is 30.0 Å². The van der Waals surface area contributed by atoms with E-state index in [0.29, 0.717) is 60.6 Å². The topological polar surface area (TPSA) is 414 Å². The number of carboxylic acids is 1. The Hall–Kier alpha value is -11.0. The van der Waals surface area contributed by atoms with E-state index in [1.165, 1.54) is 55.5 Å². The molecule has 1 saturated heterocycles. The van der Waals surface area contributed by atoms with Gasteiger partial charge in [-0.1, -0.05) is 91.8 Å². The number of esters is 2. The van der Waals surface area contributed by atoms with Crippen LogP contribution in [0.15, 0.2) is 119 Å². The van der Waals surface area contributed by atoms with Gasteiger partial charge in [0.15, 0.2) is 5.11 Å². The van der Waals surface area contributed by atoms with Gasteiger partial charge in [0.2, 0.25) is 35.1 Å². The van der Waals surface area contributed by atoms with Crippen LogP contribution in [0.1, 0.15) is 136 Å². The third kappa shape index (κ3) is 19.5. The summed E-state index contributed by atoms with van der Waals surface area (Å²) in [6.07, 6.45) is 1.27. The van der Waals surface area contributed by atoms with E-state index in [-0.39, 0.29) is 82.3 Å². The van der Waals surface area contributed by atoms with Gasteiger partial charge in [0.1, 0.15) is 36.8 Å². The van der Waals surface area contributed by atoms with Gasteiger partial charge in [-0.15, -0.1) is 0 Å². The van der Waals surface area contributed by atoms with Gasteiger partial charge in [-0.25, -0.2) is 32.6 Å². The number of amides is 9. The highest BCUT2D eigenvalue weighted by Crippen LogP contribution is 2.42. The fraction of sp³-hybridized carbons (Fsp3) is 0.419. The summed E-state index contributed by atoms with van der Waals surface area (Å²) >= 11 is 5.79. The number of thiocarbonyl (C=S) groups is 1. The molecule has 5 heterocycles. The largest absolute Gasteiger partial charge is 0.481 e. The number of urea groups is 2. The Kier molecular flexibility index (Phi) is 25.9. The second-order valence-electron chi connectivity index (χ2n) is 27.5. The number of benzene rings is 4. The molecule has 1 unspecified atom stereocenters. The van der Waals surface area contributed by atoms with E-state index in [9.17, 15) is 66.3 Å². The highest BCUT2D eigenvalue weighted by atomic mass is 32.2. The number of hydrogen-bond donors (Lipinski definition) is 12. The van der Waals surface area contributed by atoms with Crippen LogP contribution >= 0.6 is 12.2 Å². The molecule has 9 rings (SSSR count). The number of fused-ring (bicyclic) bond motifs is 5. The van der Waals surface area contributed by atoms with E-state index in [2.05, 4.69) is 57.9 Å². The maximum atomic E-state index is 14.4. The molecule has 3 aliphatic rings. The zero-order chi connectivity index (χ0) is 76.9. The molecule has 564 valence electrons. The molecule has 0 saturated carbocycles. The van der Waals surface area contributed by atoms with Crippen molar-refractivity contribution in [1.82, 2.24) is 51.7 Å². The lowest BCUT2D eigenvalue weighted by molar-refractivity contribution is -0.191. The Morgan fingerprint density at radius 3 is 2.07 bits per heavy atom. The predicted octanol–water partition coefficient (Wildman–Crippen LogP) is 6.99. The summed E-state index contributed by atoms with van der Waals surface area (Å²) in [4.78, 5) is 156. The third-order valence-corrected chi connectivity index (χ3v) is 19.8. The molecule has 7 atom stereocenters. The van der Waals surface area contributed by atoms with Crippen LogP contribution in [0.3, 0.4) is 0 Å². The number of nitrogens with one attached hydrogen (secondary N) is 11.